The van der Waals surface area contributed by atoms with Gasteiger partial charge in [0.1, 0.15) is 5.82 Å². The zero-order valence-electron chi connectivity index (χ0n) is 8.63. The van der Waals surface area contributed by atoms with Gasteiger partial charge in [-0.05, 0) is 6.07 Å². The third-order valence-corrected chi connectivity index (χ3v) is 1.12. The molecule has 0 aliphatic rings. The van der Waals surface area contributed by atoms with E-state index in [2.05, 4.69) is 9.72 Å². The number of hydrogen-bond donors (Lipinski definition) is 0. The van der Waals surface area contributed by atoms with Crippen molar-refractivity contribution in [3.05, 3.63) is 29.8 Å². The molecule has 8 heteroatoms. The molecule has 1 rings (SSSR count). The fourth-order valence-electron chi connectivity index (χ4n) is 0.621. The molecule has 15 heavy (non-hydrogen) atoms. The predicted octanol–water partition coefficient (Wildman–Crippen LogP) is -11.0. The Labute approximate surface area is 144 Å². The minimum absolute atomic E-state index is 0. The van der Waals surface area contributed by atoms with Crippen molar-refractivity contribution in [3.8, 4) is 0 Å². The fourth-order valence-corrected chi connectivity index (χ4v) is 0.621. The van der Waals surface area contributed by atoms with Crippen LogP contribution in [0.25, 0.3) is 0 Å². The van der Waals surface area contributed by atoms with E-state index in [1.807, 2.05) is 0 Å². The Morgan fingerprint density at radius 1 is 1.40 bits per heavy atom. The largest absolute Gasteiger partial charge is 1.00 e. The van der Waals surface area contributed by atoms with Gasteiger partial charge in [-0.25, -0.2) is 14.2 Å². The zero-order chi connectivity index (χ0) is 8.27. The quantitative estimate of drug-likeness (QED) is 0.376. The summed E-state index contributed by atoms with van der Waals surface area (Å²) in [7, 11) is 1.22. The first-order chi connectivity index (χ1) is 5.24. The molecular weight excluding hydrogens is 266 g/mol. The molecule has 1 aromatic heterocycles. The van der Waals surface area contributed by atoms with Gasteiger partial charge in [0.2, 0.25) is 0 Å². The van der Waals surface area contributed by atoms with E-state index < -0.39 is 11.8 Å². The van der Waals surface area contributed by atoms with E-state index >= 15 is 0 Å². The summed E-state index contributed by atoms with van der Waals surface area (Å²) < 4.78 is 16.7. The summed E-state index contributed by atoms with van der Waals surface area (Å²) in [5, 5.41) is 0. The van der Waals surface area contributed by atoms with Crippen LogP contribution < -0.4 is 83.9 Å². The van der Waals surface area contributed by atoms with Crippen molar-refractivity contribution in [2.45, 2.75) is 0 Å². The number of rotatable bonds is 1. The molecular formula is C7H6Cl2FNNa2O2. The van der Waals surface area contributed by atoms with Gasteiger partial charge in [-0.2, -0.15) is 0 Å². The van der Waals surface area contributed by atoms with Crippen molar-refractivity contribution in [2.24, 2.45) is 0 Å². The Hall–Kier alpha value is 1.13. The summed E-state index contributed by atoms with van der Waals surface area (Å²) in [5.74, 6) is -1.13. The molecule has 0 bridgehead atoms. The Balaban J connectivity index is -0.000000151. The van der Waals surface area contributed by atoms with E-state index in [-0.39, 0.29) is 89.6 Å². The number of carbonyl (C=O) groups is 1. The summed E-state index contributed by atoms with van der Waals surface area (Å²) in [6.07, 6.45) is 1.21. The van der Waals surface area contributed by atoms with Gasteiger partial charge in [0.05, 0.1) is 7.11 Å². The Morgan fingerprint density at radius 3 is 2.33 bits per heavy atom. The summed E-state index contributed by atoms with van der Waals surface area (Å²) in [6.45, 7) is 0. The molecule has 74 valence electrons. The number of pyridine rings is 1. The second-order valence-electron chi connectivity index (χ2n) is 1.85. The van der Waals surface area contributed by atoms with Crippen LogP contribution in [0.2, 0.25) is 0 Å². The van der Waals surface area contributed by atoms with Crippen molar-refractivity contribution in [1.82, 2.24) is 4.98 Å². The first-order valence-electron chi connectivity index (χ1n) is 2.94. The van der Waals surface area contributed by atoms with Crippen LogP contribution >= 0.6 is 0 Å². The van der Waals surface area contributed by atoms with Crippen LogP contribution in [0.15, 0.2) is 18.3 Å². The smallest absolute Gasteiger partial charge is 1.00 e. The van der Waals surface area contributed by atoms with Crippen molar-refractivity contribution in [3.63, 3.8) is 0 Å². The molecule has 0 spiro atoms. The number of nitrogens with zero attached hydrogens (tertiary/aromatic N) is 1. The van der Waals surface area contributed by atoms with Crippen LogP contribution in [-0.4, -0.2) is 18.1 Å². The summed E-state index contributed by atoms with van der Waals surface area (Å²) in [6, 6.07) is 2.18. The van der Waals surface area contributed by atoms with Gasteiger partial charge in [0.25, 0.3) is 0 Å². The van der Waals surface area contributed by atoms with E-state index in [0.29, 0.717) is 0 Å². The molecule has 0 amide bonds. The maximum atomic E-state index is 12.4. The minimum Gasteiger partial charge on any atom is -1.00 e. The number of halogens is 3. The molecule has 0 aliphatic heterocycles. The van der Waals surface area contributed by atoms with Gasteiger partial charge < -0.3 is 29.6 Å². The van der Waals surface area contributed by atoms with Crippen molar-refractivity contribution in [2.75, 3.05) is 7.11 Å². The molecule has 0 N–H and O–H groups in total. The SMILES string of the molecule is COC(=O)c1cc(F)ccn1.[Cl-].[Cl-].[Na+].[Na+]. The number of carbonyl (C=O) groups excluding carboxylic acids is 1. The number of esters is 1. The van der Waals surface area contributed by atoms with Gasteiger partial charge >= 0.3 is 65.1 Å². The van der Waals surface area contributed by atoms with Crippen molar-refractivity contribution >= 4 is 5.97 Å². The maximum absolute atomic E-state index is 12.4. The predicted molar refractivity (Wildman–Crippen MR) is 35.5 cm³/mol. The molecule has 0 unspecified atom stereocenters. The topological polar surface area (TPSA) is 39.2 Å². The van der Waals surface area contributed by atoms with E-state index in [4.69, 9.17) is 0 Å². The summed E-state index contributed by atoms with van der Waals surface area (Å²) >= 11 is 0. The molecule has 1 heterocycles. The first kappa shape index (κ1) is 25.1. The van der Waals surface area contributed by atoms with Gasteiger partial charge in [-0.15, -0.1) is 0 Å². The summed E-state index contributed by atoms with van der Waals surface area (Å²) in [4.78, 5) is 14.3. The normalized spacial score (nSPS) is 6.80. The second kappa shape index (κ2) is 13.2. The maximum Gasteiger partial charge on any atom is 1.00 e. The Kier molecular flexibility index (Phi) is 22.1. The fraction of sp³-hybridized carbons (Fsp3) is 0.143. The molecule has 1 aromatic rings. The molecule has 0 atom stereocenters. The zero-order valence-corrected chi connectivity index (χ0v) is 14.1. The van der Waals surface area contributed by atoms with Crippen molar-refractivity contribution < 1.29 is 97.9 Å². The van der Waals surface area contributed by atoms with Crippen LogP contribution in [0.3, 0.4) is 0 Å². The molecule has 0 aliphatic carbocycles. The van der Waals surface area contributed by atoms with Gasteiger partial charge in [-0.1, -0.05) is 0 Å². The average molecular weight is 272 g/mol. The number of aromatic nitrogens is 1. The van der Waals surface area contributed by atoms with Crippen LogP contribution in [0.1, 0.15) is 10.5 Å². The third-order valence-electron chi connectivity index (χ3n) is 1.12. The standard InChI is InChI=1S/C7H6FNO2.2ClH.2Na/c1-11-7(10)6-4-5(8)2-3-9-6;;;;/h2-4H,1H3;2*1H;;/q;;;2*+1/p-2. The first-order valence-corrected chi connectivity index (χ1v) is 2.94. The van der Waals surface area contributed by atoms with Gasteiger partial charge in [0.15, 0.2) is 5.69 Å². The van der Waals surface area contributed by atoms with E-state index in [0.717, 1.165) is 12.1 Å². The molecule has 0 radical (unpaired) electrons. The minimum atomic E-state index is -0.635. The van der Waals surface area contributed by atoms with Crippen LogP contribution in [0.4, 0.5) is 4.39 Å². The molecule has 3 nitrogen and oxygen atoms in total. The van der Waals surface area contributed by atoms with Gasteiger partial charge in [-0.3, -0.25) is 0 Å². The third kappa shape index (κ3) is 8.89. The van der Waals surface area contributed by atoms with Crippen LogP contribution in [-0.2, 0) is 4.74 Å². The van der Waals surface area contributed by atoms with Crippen LogP contribution in [0, 0.1) is 5.82 Å². The summed E-state index contributed by atoms with van der Waals surface area (Å²) in [5.41, 5.74) is -0.0208. The monoisotopic (exact) mass is 271 g/mol. The number of hydrogen-bond acceptors (Lipinski definition) is 3. The van der Waals surface area contributed by atoms with E-state index in [1.54, 1.807) is 0 Å². The Bertz CT molecular complexity index is 291. The number of ether oxygens (including phenoxy) is 1. The van der Waals surface area contributed by atoms with Crippen LogP contribution in [0.5, 0.6) is 0 Å². The molecule has 0 fully saturated rings. The Morgan fingerprint density at radius 2 is 1.93 bits per heavy atom. The van der Waals surface area contributed by atoms with E-state index in [9.17, 15) is 9.18 Å². The molecule has 0 aromatic carbocycles. The average Bonchev–Trinajstić information content (AvgIpc) is 2.03. The number of methoxy groups -OCH3 is 1. The van der Waals surface area contributed by atoms with Crippen molar-refractivity contribution in [1.29, 1.82) is 0 Å². The van der Waals surface area contributed by atoms with Gasteiger partial charge in [0, 0.05) is 12.3 Å². The molecule has 0 saturated carbocycles. The second-order valence-corrected chi connectivity index (χ2v) is 1.85. The molecule has 0 saturated heterocycles. The van der Waals surface area contributed by atoms with E-state index in [1.165, 1.54) is 13.3 Å².